The summed E-state index contributed by atoms with van der Waals surface area (Å²) in [5.41, 5.74) is 0. The standard InChI is InChI=1S/C8H8OS2/c1-10-7(4-5-9)8-3-2-6-11-8/h2-6H,1H3/b7-4+. The summed E-state index contributed by atoms with van der Waals surface area (Å²) in [5.74, 6) is 0. The van der Waals surface area contributed by atoms with Gasteiger partial charge in [-0.2, -0.15) is 0 Å². The number of rotatable bonds is 3. The Labute approximate surface area is 74.1 Å². The molecule has 1 nitrogen and oxygen atoms in total. The predicted molar refractivity (Wildman–Crippen MR) is 51.9 cm³/mol. The first-order valence-electron chi connectivity index (χ1n) is 3.12. The lowest BCUT2D eigenvalue weighted by atomic mass is 10.4. The van der Waals surface area contributed by atoms with Crippen LogP contribution in [0.25, 0.3) is 4.91 Å². The minimum atomic E-state index is 0.825. The third-order valence-corrected chi connectivity index (χ3v) is 3.03. The van der Waals surface area contributed by atoms with Gasteiger partial charge in [-0.05, 0) is 23.8 Å². The van der Waals surface area contributed by atoms with Gasteiger partial charge in [0.05, 0.1) is 0 Å². The van der Waals surface area contributed by atoms with Gasteiger partial charge in [0.25, 0.3) is 0 Å². The molecule has 3 heteroatoms. The SMILES string of the molecule is CS/C(=C/C=O)c1cccs1. The predicted octanol–water partition coefficient (Wildman–Crippen LogP) is 2.65. The van der Waals surface area contributed by atoms with Crippen LogP contribution in [-0.4, -0.2) is 12.5 Å². The molecule has 1 heterocycles. The summed E-state index contributed by atoms with van der Waals surface area (Å²) in [6, 6.07) is 3.99. The summed E-state index contributed by atoms with van der Waals surface area (Å²) in [6.45, 7) is 0. The lowest BCUT2D eigenvalue weighted by Crippen LogP contribution is -1.72. The van der Waals surface area contributed by atoms with Gasteiger partial charge in [0.15, 0.2) is 0 Å². The van der Waals surface area contributed by atoms with Crippen molar-refractivity contribution in [1.82, 2.24) is 0 Å². The molecule has 11 heavy (non-hydrogen) atoms. The summed E-state index contributed by atoms with van der Waals surface area (Å²) >= 11 is 3.24. The Morgan fingerprint density at radius 3 is 3.00 bits per heavy atom. The van der Waals surface area contributed by atoms with E-state index in [9.17, 15) is 4.79 Å². The quantitative estimate of drug-likeness (QED) is 0.530. The Morgan fingerprint density at radius 1 is 1.73 bits per heavy atom. The van der Waals surface area contributed by atoms with Crippen LogP contribution in [0.15, 0.2) is 23.6 Å². The van der Waals surface area contributed by atoms with Gasteiger partial charge in [0, 0.05) is 9.78 Å². The molecule has 58 valence electrons. The van der Waals surface area contributed by atoms with E-state index in [-0.39, 0.29) is 0 Å². The first kappa shape index (κ1) is 8.56. The molecule has 0 aliphatic carbocycles. The van der Waals surface area contributed by atoms with E-state index in [0.717, 1.165) is 16.1 Å². The highest BCUT2D eigenvalue weighted by Crippen LogP contribution is 2.27. The number of carbonyl (C=O) groups excluding carboxylic acids is 1. The van der Waals surface area contributed by atoms with Crippen LogP contribution in [0.4, 0.5) is 0 Å². The van der Waals surface area contributed by atoms with Crippen molar-refractivity contribution in [3.8, 4) is 0 Å². The molecule has 0 N–H and O–H groups in total. The maximum Gasteiger partial charge on any atom is 0.144 e. The lowest BCUT2D eigenvalue weighted by molar-refractivity contribution is -0.104. The smallest absolute Gasteiger partial charge is 0.144 e. The van der Waals surface area contributed by atoms with Crippen molar-refractivity contribution < 1.29 is 4.79 Å². The van der Waals surface area contributed by atoms with Crippen LogP contribution >= 0.6 is 23.1 Å². The Morgan fingerprint density at radius 2 is 2.55 bits per heavy atom. The molecule has 0 spiro atoms. The van der Waals surface area contributed by atoms with E-state index < -0.39 is 0 Å². The highest BCUT2D eigenvalue weighted by Gasteiger charge is 1.98. The van der Waals surface area contributed by atoms with Crippen molar-refractivity contribution in [3.63, 3.8) is 0 Å². The summed E-state index contributed by atoms with van der Waals surface area (Å²) in [6.07, 6.45) is 4.39. The Bertz CT molecular complexity index is 249. The molecule has 0 amide bonds. The third-order valence-electron chi connectivity index (χ3n) is 1.20. The monoisotopic (exact) mass is 184 g/mol. The van der Waals surface area contributed by atoms with E-state index >= 15 is 0 Å². The zero-order valence-electron chi connectivity index (χ0n) is 6.11. The average Bonchev–Trinajstić information content (AvgIpc) is 2.52. The molecule has 0 unspecified atom stereocenters. The zero-order valence-corrected chi connectivity index (χ0v) is 7.74. The van der Waals surface area contributed by atoms with E-state index in [1.54, 1.807) is 29.2 Å². The fraction of sp³-hybridized carbons (Fsp3) is 0.125. The second-order valence-electron chi connectivity index (χ2n) is 1.85. The summed E-state index contributed by atoms with van der Waals surface area (Å²) in [7, 11) is 0. The van der Waals surface area contributed by atoms with Crippen LogP contribution < -0.4 is 0 Å². The summed E-state index contributed by atoms with van der Waals surface area (Å²) in [4.78, 5) is 12.4. The first-order valence-corrected chi connectivity index (χ1v) is 5.22. The van der Waals surface area contributed by atoms with Crippen molar-refractivity contribution in [2.45, 2.75) is 0 Å². The normalized spacial score (nSPS) is 11.5. The van der Waals surface area contributed by atoms with E-state index in [0.29, 0.717) is 0 Å². The van der Waals surface area contributed by atoms with Gasteiger partial charge in [-0.3, -0.25) is 4.79 Å². The molecule has 0 atom stereocenters. The van der Waals surface area contributed by atoms with E-state index in [1.807, 2.05) is 23.8 Å². The minimum absolute atomic E-state index is 0.825. The Kier molecular flexibility index (Phi) is 3.39. The highest BCUT2D eigenvalue weighted by molar-refractivity contribution is 8.07. The molecule has 0 radical (unpaired) electrons. The molecule has 0 bridgehead atoms. The average molecular weight is 184 g/mol. The largest absolute Gasteiger partial charge is 0.299 e. The van der Waals surface area contributed by atoms with Gasteiger partial charge in [-0.15, -0.1) is 23.1 Å². The van der Waals surface area contributed by atoms with E-state index in [2.05, 4.69) is 0 Å². The number of carbonyl (C=O) groups is 1. The lowest BCUT2D eigenvalue weighted by Gasteiger charge is -1.95. The van der Waals surface area contributed by atoms with Gasteiger partial charge in [-0.1, -0.05) is 6.07 Å². The molecule has 0 aromatic carbocycles. The van der Waals surface area contributed by atoms with E-state index in [1.165, 1.54) is 0 Å². The first-order chi connectivity index (χ1) is 5.38. The van der Waals surface area contributed by atoms with Gasteiger partial charge in [0.1, 0.15) is 6.29 Å². The van der Waals surface area contributed by atoms with Crippen LogP contribution in [0.2, 0.25) is 0 Å². The second kappa shape index (κ2) is 4.36. The molecule has 0 saturated heterocycles. The maximum absolute atomic E-state index is 10.2. The van der Waals surface area contributed by atoms with Crippen LogP contribution in [-0.2, 0) is 4.79 Å². The van der Waals surface area contributed by atoms with Crippen molar-refractivity contribution in [1.29, 1.82) is 0 Å². The minimum Gasteiger partial charge on any atom is -0.299 e. The summed E-state index contributed by atoms with van der Waals surface area (Å²) in [5, 5.41) is 2.00. The molecule has 0 saturated carbocycles. The molecule has 1 aromatic heterocycles. The number of aldehydes is 1. The third kappa shape index (κ3) is 2.20. The number of thioether (sulfide) groups is 1. The van der Waals surface area contributed by atoms with Crippen LogP contribution in [0.3, 0.4) is 0 Å². The van der Waals surface area contributed by atoms with Gasteiger partial charge < -0.3 is 0 Å². The van der Waals surface area contributed by atoms with Gasteiger partial charge in [0.2, 0.25) is 0 Å². The fourth-order valence-corrected chi connectivity index (χ4v) is 2.23. The molecule has 0 fully saturated rings. The van der Waals surface area contributed by atoms with Crippen LogP contribution in [0, 0.1) is 0 Å². The van der Waals surface area contributed by atoms with Crippen molar-refractivity contribution in [2.75, 3.05) is 6.26 Å². The number of thiophene rings is 1. The number of hydrogen-bond acceptors (Lipinski definition) is 3. The van der Waals surface area contributed by atoms with Crippen LogP contribution in [0.5, 0.6) is 0 Å². The molecule has 1 rings (SSSR count). The molecular formula is C8H8OS2. The van der Waals surface area contributed by atoms with Gasteiger partial charge in [-0.25, -0.2) is 0 Å². The van der Waals surface area contributed by atoms with Crippen molar-refractivity contribution in [3.05, 3.63) is 28.5 Å². The highest BCUT2D eigenvalue weighted by atomic mass is 32.2. The van der Waals surface area contributed by atoms with Crippen molar-refractivity contribution in [2.24, 2.45) is 0 Å². The molecule has 0 aliphatic heterocycles. The number of hydrogen-bond donors (Lipinski definition) is 0. The molecular weight excluding hydrogens is 176 g/mol. The van der Waals surface area contributed by atoms with Crippen LogP contribution in [0.1, 0.15) is 4.88 Å². The Balaban J connectivity index is 2.88. The topological polar surface area (TPSA) is 17.1 Å². The Hall–Kier alpha value is -0.540. The zero-order chi connectivity index (χ0) is 8.10. The summed E-state index contributed by atoms with van der Waals surface area (Å²) < 4.78 is 0. The van der Waals surface area contributed by atoms with E-state index in [4.69, 9.17) is 0 Å². The number of allylic oxidation sites excluding steroid dienone is 1. The molecule has 1 aromatic rings. The molecule has 0 aliphatic rings. The second-order valence-corrected chi connectivity index (χ2v) is 3.64. The van der Waals surface area contributed by atoms with Gasteiger partial charge >= 0.3 is 0 Å². The maximum atomic E-state index is 10.2. The van der Waals surface area contributed by atoms with Crippen molar-refractivity contribution >= 4 is 34.3 Å². The fourth-order valence-electron chi connectivity index (χ4n) is 0.731.